The molecule has 96 valence electrons. The zero-order valence-corrected chi connectivity index (χ0v) is 10.6. The van der Waals surface area contributed by atoms with Gasteiger partial charge >= 0.3 is 0 Å². The summed E-state index contributed by atoms with van der Waals surface area (Å²) in [6.07, 6.45) is 2.23. The first-order chi connectivity index (χ1) is 8.64. The minimum Gasteiger partial charge on any atom is -0.331 e. The van der Waals surface area contributed by atoms with E-state index in [2.05, 4.69) is 4.98 Å². The van der Waals surface area contributed by atoms with Crippen molar-refractivity contribution in [1.82, 2.24) is 9.55 Å². The third-order valence-corrected chi connectivity index (χ3v) is 3.98. The van der Waals surface area contributed by atoms with Gasteiger partial charge in [-0.25, -0.2) is 9.37 Å². The van der Waals surface area contributed by atoms with Gasteiger partial charge in [0.2, 0.25) is 0 Å². The predicted molar refractivity (Wildman–Crippen MR) is 70.0 cm³/mol. The fourth-order valence-corrected chi connectivity index (χ4v) is 2.60. The zero-order chi connectivity index (χ0) is 12.8. The number of nitrogens with two attached hydrogens (primary N) is 1. The van der Waals surface area contributed by atoms with Crippen molar-refractivity contribution in [3.8, 4) is 0 Å². The summed E-state index contributed by atoms with van der Waals surface area (Å²) < 4.78 is 16.7. The minimum atomic E-state index is -1.28. The van der Waals surface area contributed by atoms with Crippen LogP contribution in [0.5, 0.6) is 0 Å². The van der Waals surface area contributed by atoms with E-state index in [0.717, 1.165) is 29.7 Å². The number of nitrogens with zero attached hydrogens (tertiary/aromatic N) is 2. The first-order valence-electron chi connectivity index (χ1n) is 6.43. The summed E-state index contributed by atoms with van der Waals surface area (Å²) in [6.45, 7) is 0.0842. The fraction of sp³-hybridized carbons (Fsp3) is 0.500. The summed E-state index contributed by atoms with van der Waals surface area (Å²) in [4.78, 5) is 4.52. The van der Waals surface area contributed by atoms with Gasteiger partial charge < -0.3 is 10.3 Å². The van der Waals surface area contributed by atoms with Gasteiger partial charge in [-0.15, -0.1) is 0 Å². The van der Waals surface area contributed by atoms with Crippen LogP contribution in [-0.2, 0) is 13.5 Å². The molecule has 0 radical (unpaired) electrons. The topological polar surface area (TPSA) is 43.8 Å². The number of hydrogen-bond donors (Lipinski definition) is 1. The van der Waals surface area contributed by atoms with E-state index in [9.17, 15) is 4.39 Å². The molecule has 1 unspecified atom stereocenters. The summed E-state index contributed by atoms with van der Waals surface area (Å²) in [5.74, 6) is 0.915. The lowest BCUT2D eigenvalue weighted by Gasteiger charge is -2.22. The molecule has 3 rings (SSSR count). The number of hydrogen-bond acceptors (Lipinski definition) is 2. The molecular weight excluding hydrogens is 229 g/mol. The van der Waals surface area contributed by atoms with E-state index < -0.39 is 5.67 Å². The Morgan fingerprint density at radius 1 is 1.44 bits per heavy atom. The normalized spacial score (nSPS) is 19.1. The third kappa shape index (κ3) is 1.81. The number of imidazole rings is 1. The molecule has 1 aliphatic carbocycles. The van der Waals surface area contributed by atoms with Crippen LogP contribution in [0.15, 0.2) is 24.3 Å². The summed E-state index contributed by atoms with van der Waals surface area (Å²) in [6, 6.07) is 7.88. The largest absolute Gasteiger partial charge is 0.331 e. The second-order valence-corrected chi connectivity index (χ2v) is 5.27. The van der Waals surface area contributed by atoms with Gasteiger partial charge in [-0.1, -0.05) is 12.1 Å². The molecule has 1 aromatic heterocycles. The molecule has 4 heteroatoms. The van der Waals surface area contributed by atoms with Crippen molar-refractivity contribution in [2.24, 2.45) is 18.7 Å². The van der Waals surface area contributed by atoms with Crippen molar-refractivity contribution in [3.05, 3.63) is 30.1 Å². The summed E-state index contributed by atoms with van der Waals surface area (Å²) in [5, 5.41) is 0. The summed E-state index contributed by atoms with van der Waals surface area (Å²) >= 11 is 0. The molecule has 1 aromatic carbocycles. The summed E-state index contributed by atoms with van der Waals surface area (Å²) in [5.41, 5.74) is 6.31. The van der Waals surface area contributed by atoms with Crippen LogP contribution in [0.25, 0.3) is 11.0 Å². The Morgan fingerprint density at radius 2 is 2.17 bits per heavy atom. The maximum Gasteiger partial charge on any atom is 0.133 e. The molecule has 0 amide bonds. The number of alkyl halides is 1. The van der Waals surface area contributed by atoms with Gasteiger partial charge in [0.25, 0.3) is 0 Å². The van der Waals surface area contributed by atoms with Crippen molar-refractivity contribution in [2.45, 2.75) is 24.9 Å². The molecule has 0 saturated heterocycles. The molecule has 1 fully saturated rings. The van der Waals surface area contributed by atoms with Crippen LogP contribution in [0.3, 0.4) is 0 Å². The molecule has 1 saturated carbocycles. The highest BCUT2D eigenvalue weighted by Gasteiger charge is 2.45. The van der Waals surface area contributed by atoms with E-state index in [1.807, 2.05) is 35.9 Å². The smallest absolute Gasteiger partial charge is 0.133 e. The number of para-hydroxylation sites is 2. The zero-order valence-electron chi connectivity index (χ0n) is 10.6. The Hall–Kier alpha value is -1.42. The average molecular weight is 247 g/mol. The maximum absolute atomic E-state index is 14.7. The Bertz CT molecular complexity index is 573. The van der Waals surface area contributed by atoms with E-state index >= 15 is 0 Å². The number of fused-ring (bicyclic) bond motifs is 1. The lowest BCUT2D eigenvalue weighted by atomic mass is 9.95. The standard InChI is InChI=1S/C14H18FN3/c1-18-12-5-3-2-4-11(12)17-13(18)8-14(15,9-16)10-6-7-10/h2-5,10H,6-9,16H2,1H3. The highest BCUT2D eigenvalue weighted by Crippen LogP contribution is 2.43. The van der Waals surface area contributed by atoms with Crippen molar-refractivity contribution in [3.63, 3.8) is 0 Å². The Kier molecular flexibility index (Phi) is 2.63. The Morgan fingerprint density at radius 3 is 2.78 bits per heavy atom. The van der Waals surface area contributed by atoms with Crippen LogP contribution < -0.4 is 5.73 Å². The predicted octanol–water partition coefficient (Wildman–Crippen LogP) is 2.19. The molecule has 2 aromatic rings. The second kappa shape index (κ2) is 4.05. The number of rotatable bonds is 4. The lowest BCUT2D eigenvalue weighted by Crippen LogP contribution is -2.38. The maximum atomic E-state index is 14.7. The first kappa shape index (κ1) is 11.7. The molecule has 18 heavy (non-hydrogen) atoms. The molecule has 0 aliphatic heterocycles. The van der Waals surface area contributed by atoms with Gasteiger partial charge in [-0.05, 0) is 30.9 Å². The van der Waals surface area contributed by atoms with E-state index in [-0.39, 0.29) is 12.5 Å². The van der Waals surface area contributed by atoms with Crippen molar-refractivity contribution < 1.29 is 4.39 Å². The third-order valence-electron chi connectivity index (χ3n) is 3.98. The van der Waals surface area contributed by atoms with Gasteiger partial charge in [0, 0.05) is 20.0 Å². The van der Waals surface area contributed by atoms with Crippen molar-refractivity contribution in [2.75, 3.05) is 6.54 Å². The van der Waals surface area contributed by atoms with Gasteiger partial charge in [0.15, 0.2) is 0 Å². The second-order valence-electron chi connectivity index (χ2n) is 5.27. The average Bonchev–Trinajstić information content (AvgIpc) is 3.18. The first-order valence-corrected chi connectivity index (χ1v) is 6.43. The SMILES string of the molecule is Cn1c(CC(F)(CN)C2CC2)nc2ccccc21. The van der Waals surface area contributed by atoms with Crippen LogP contribution in [0.1, 0.15) is 18.7 Å². The molecule has 1 aliphatic rings. The van der Waals surface area contributed by atoms with E-state index in [0.29, 0.717) is 6.42 Å². The van der Waals surface area contributed by atoms with E-state index in [1.165, 1.54) is 0 Å². The number of aromatic nitrogens is 2. The quantitative estimate of drug-likeness (QED) is 0.900. The van der Waals surface area contributed by atoms with Gasteiger partial charge in [-0.3, -0.25) is 0 Å². The molecule has 2 N–H and O–H groups in total. The van der Waals surface area contributed by atoms with Crippen LogP contribution in [0, 0.1) is 5.92 Å². The van der Waals surface area contributed by atoms with Crippen molar-refractivity contribution >= 4 is 11.0 Å². The molecule has 0 spiro atoms. The molecule has 1 heterocycles. The monoisotopic (exact) mass is 247 g/mol. The van der Waals surface area contributed by atoms with E-state index in [1.54, 1.807) is 0 Å². The van der Waals surface area contributed by atoms with Crippen LogP contribution in [-0.4, -0.2) is 21.8 Å². The summed E-state index contributed by atoms with van der Waals surface area (Å²) in [7, 11) is 1.94. The minimum absolute atomic E-state index is 0.0842. The fourth-order valence-electron chi connectivity index (χ4n) is 2.60. The lowest BCUT2D eigenvalue weighted by molar-refractivity contribution is 0.139. The van der Waals surface area contributed by atoms with Crippen LogP contribution in [0.4, 0.5) is 4.39 Å². The number of aryl methyl sites for hydroxylation is 1. The Balaban J connectivity index is 1.97. The van der Waals surface area contributed by atoms with Crippen molar-refractivity contribution in [1.29, 1.82) is 0 Å². The highest BCUT2D eigenvalue weighted by molar-refractivity contribution is 5.75. The number of halogens is 1. The van der Waals surface area contributed by atoms with E-state index in [4.69, 9.17) is 5.73 Å². The van der Waals surface area contributed by atoms with Gasteiger partial charge in [0.1, 0.15) is 11.5 Å². The molecular formula is C14H18FN3. The van der Waals surface area contributed by atoms with Gasteiger partial charge in [-0.2, -0.15) is 0 Å². The Labute approximate surface area is 106 Å². The van der Waals surface area contributed by atoms with Crippen LogP contribution >= 0.6 is 0 Å². The molecule has 1 atom stereocenters. The molecule has 3 nitrogen and oxygen atoms in total. The van der Waals surface area contributed by atoms with Gasteiger partial charge in [0.05, 0.1) is 11.0 Å². The molecule has 0 bridgehead atoms. The number of benzene rings is 1. The highest BCUT2D eigenvalue weighted by atomic mass is 19.1. The van der Waals surface area contributed by atoms with Crippen LogP contribution in [0.2, 0.25) is 0 Å².